The number of anilines is 1. The summed E-state index contributed by atoms with van der Waals surface area (Å²) in [5.74, 6) is -0.456. The Balaban J connectivity index is 2.28. The first-order valence-corrected chi connectivity index (χ1v) is 6.51. The quantitative estimate of drug-likeness (QED) is 0.502. The molecule has 0 aliphatic carbocycles. The zero-order valence-electron chi connectivity index (χ0n) is 12.5. The fourth-order valence-corrected chi connectivity index (χ4v) is 2.00. The van der Waals surface area contributed by atoms with Gasteiger partial charge in [-0.3, -0.25) is 0 Å². The predicted molar refractivity (Wildman–Crippen MR) is 77.9 cm³/mol. The standard InChI is InChI=1S/C14H20BNO4/c1-13(2)14(3,4)20-15(19-13)9-6-7-10(11(16)8-9)12(17)18-5/h6-8H,16H2,1-5H3. The number of hydrogen-bond acceptors (Lipinski definition) is 5. The Morgan fingerprint density at radius 1 is 1.20 bits per heavy atom. The SMILES string of the molecule is COC(=O)c1ccc(B2OC(C)(C)C(C)(C)O2)cc1N. The van der Waals surface area contributed by atoms with Gasteiger partial charge in [0.15, 0.2) is 0 Å². The van der Waals surface area contributed by atoms with E-state index >= 15 is 0 Å². The molecule has 2 rings (SSSR count). The van der Waals surface area contributed by atoms with Gasteiger partial charge in [0.25, 0.3) is 0 Å². The van der Waals surface area contributed by atoms with Crippen LogP contribution in [0.4, 0.5) is 5.69 Å². The predicted octanol–water partition coefficient (Wildman–Crippen LogP) is 1.35. The van der Waals surface area contributed by atoms with Gasteiger partial charge in [-0.1, -0.05) is 6.07 Å². The maximum absolute atomic E-state index is 11.5. The van der Waals surface area contributed by atoms with Crippen LogP contribution in [0.3, 0.4) is 0 Å². The molecule has 0 radical (unpaired) electrons. The minimum Gasteiger partial charge on any atom is -0.465 e. The second-order valence-corrected chi connectivity index (χ2v) is 5.93. The van der Waals surface area contributed by atoms with Crippen LogP contribution >= 0.6 is 0 Å². The van der Waals surface area contributed by atoms with Gasteiger partial charge in [-0.2, -0.15) is 0 Å². The first kappa shape index (κ1) is 14.9. The third-order valence-corrected chi connectivity index (χ3v) is 4.01. The first-order chi connectivity index (χ1) is 9.18. The smallest absolute Gasteiger partial charge is 0.465 e. The molecule has 1 fully saturated rings. The Labute approximate surface area is 119 Å². The summed E-state index contributed by atoms with van der Waals surface area (Å²) in [7, 11) is 0.832. The van der Waals surface area contributed by atoms with Crippen LogP contribution in [0.25, 0.3) is 0 Å². The van der Waals surface area contributed by atoms with E-state index in [0.29, 0.717) is 11.3 Å². The zero-order valence-corrected chi connectivity index (χ0v) is 12.5. The highest BCUT2D eigenvalue weighted by atomic mass is 16.7. The number of nitrogen functional groups attached to an aromatic ring is 1. The van der Waals surface area contributed by atoms with E-state index in [0.717, 1.165) is 5.46 Å². The number of esters is 1. The molecule has 1 heterocycles. The molecule has 1 aromatic rings. The van der Waals surface area contributed by atoms with Gasteiger partial charge >= 0.3 is 13.1 Å². The second kappa shape index (κ2) is 4.79. The van der Waals surface area contributed by atoms with Gasteiger partial charge in [0.2, 0.25) is 0 Å². The van der Waals surface area contributed by atoms with Crippen molar-refractivity contribution in [3.63, 3.8) is 0 Å². The number of ether oxygens (including phenoxy) is 1. The first-order valence-electron chi connectivity index (χ1n) is 6.51. The monoisotopic (exact) mass is 277 g/mol. The molecule has 2 N–H and O–H groups in total. The van der Waals surface area contributed by atoms with E-state index in [9.17, 15) is 4.79 Å². The number of carbonyl (C=O) groups is 1. The lowest BCUT2D eigenvalue weighted by molar-refractivity contribution is 0.00578. The van der Waals surface area contributed by atoms with E-state index in [1.54, 1.807) is 18.2 Å². The highest BCUT2D eigenvalue weighted by Crippen LogP contribution is 2.36. The van der Waals surface area contributed by atoms with Crippen molar-refractivity contribution in [1.29, 1.82) is 0 Å². The Morgan fingerprint density at radius 2 is 1.75 bits per heavy atom. The summed E-state index contributed by atoms with van der Waals surface area (Å²) < 4.78 is 16.5. The summed E-state index contributed by atoms with van der Waals surface area (Å²) in [4.78, 5) is 11.5. The second-order valence-electron chi connectivity index (χ2n) is 5.93. The van der Waals surface area contributed by atoms with E-state index in [-0.39, 0.29) is 0 Å². The van der Waals surface area contributed by atoms with Crippen molar-refractivity contribution < 1.29 is 18.8 Å². The normalized spacial score (nSPS) is 19.9. The molecule has 0 spiro atoms. The summed E-state index contributed by atoms with van der Waals surface area (Å²) in [6.45, 7) is 7.94. The van der Waals surface area contributed by atoms with Gasteiger partial charge in [-0.05, 0) is 45.3 Å². The molecule has 5 nitrogen and oxygen atoms in total. The summed E-state index contributed by atoms with van der Waals surface area (Å²) in [6, 6.07) is 5.08. The largest absolute Gasteiger partial charge is 0.494 e. The van der Waals surface area contributed by atoms with Crippen LogP contribution in [-0.2, 0) is 14.0 Å². The fourth-order valence-electron chi connectivity index (χ4n) is 2.00. The van der Waals surface area contributed by atoms with E-state index in [4.69, 9.17) is 15.0 Å². The van der Waals surface area contributed by atoms with Crippen LogP contribution in [0.2, 0.25) is 0 Å². The molecule has 0 amide bonds. The van der Waals surface area contributed by atoms with Gasteiger partial charge in [-0.25, -0.2) is 4.79 Å². The molecular weight excluding hydrogens is 257 g/mol. The highest BCUT2D eigenvalue weighted by Gasteiger charge is 2.51. The number of methoxy groups -OCH3 is 1. The van der Waals surface area contributed by atoms with Crippen molar-refractivity contribution in [2.24, 2.45) is 0 Å². The number of nitrogens with two attached hydrogens (primary N) is 1. The van der Waals surface area contributed by atoms with E-state index < -0.39 is 24.3 Å². The van der Waals surface area contributed by atoms with Crippen molar-refractivity contribution in [3.05, 3.63) is 23.8 Å². The molecule has 0 unspecified atom stereocenters. The third-order valence-electron chi connectivity index (χ3n) is 4.01. The molecule has 1 aliphatic heterocycles. The molecule has 1 aliphatic rings. The van der Waals surface area contributed by atoms with Gasteiger partial charge < -0.3 is 19.8 Å². The van der Waals surface area contributed by atoms with Crippen LogP contribution in [0, 0.1) is 0 Å². The molecule has 0 aromatic heterocycles. The summed E-state index contributed by atoms with van der Waals surface area (Å²) in [6.07, 6.45) is 0. The Hall–Kier alpha value is -1.53. The maximum Gasteiger partial charge on any atom is 0.494 e. The number of hydrogen-bond donors (Lipinski definition) is 1. The minimum atomic E-state index is -0.492. The topological polar surface area (TPSA) is 70.8 Å². The lowest BCUT2D eigenvalue weighted by atomic mass is 9.78. The lowest BCUT2D eigenvalue weighted by Gasteiger charge is -2.32. The van der Waals surface area contributed by atoms with Crippen LogP contribution in [0.5, 0.6) is 0 Å². The van der Waals surface area contributed by atoms with E-state index in [1.165, 1.54) is 7.11 Å². The molecule has 1 aromatic carbocycles. The van der Waals surface area contributed by atoms with Gasteiger partial charge in [0.05, 0.1) is 23.9 Å². The molecule has 20 heavy (non-hydrogen) atoms. The Bertz CT molecular complexity index is 526. The molecule has 0 bridgehead atoms. The molecule has 108 valence electrons. The van der Waals surface area contributed by atoms with Gasteiger partial charge in [0, 0.05) is 5.69 Å². The molecule has 0 saturated carbocycles. The fraction of sp³-hybridized carbons (Fsp3) is 0.500. The van der Waals surface area contributed by atoms with E-state index in [1.807, 2.05) is 27.7 Å². The van der Waals surface area contributed by atoms with E-state index in [2.05, 4.69) is 4.74 Å². The van der Waals surface area contributed by atoms with Crippen molar-refractivity contribution in [2.75, 3.05) is 12.8 Å². The summed E-state index contributed by atoms with van der Waals surface area (Å²) in [5.41, 5.74) is 6.55. The third kappa shape index (κ3) is 2.41. The highest BCUT2D eigenvalue weighted by molar-refractivity contribution is 6.62. The van der Waals surface area contributed by atoms with Crippen LogP contribution in [0.1, 0.15) is 38.1 Å². The van der Waals surface area contributed by atoms with Crippen molar-refractivity contribution in [1.82, 2.24) is 0 Å². The van der Waals surface area contributed by atoms with Crippen LogP contribution in [-0.4, -0.2) is 31.4 Å². The van der Waals surface area contributed by atoms with Gasteiger partial charge in [-0.15, -0.1) is 0 Å². The average Bonchev–Trinajstić information content (AvgIpc) is 2.57. The van der Waals surface area contributed by atoms with Crippen molar-refractivity contribution >= 4 is 24.2 Å². The Kier molecular flexibility index (Phi) is 3.56. The number of benzene rings is 1. The van der Waals surface area contributed by atoms with Crippen molar-refractivity contribution in [2.45, 2.75) is 38.9 Å². The molecule has 6 heteroatoms. The zero-order chi connectivity index (χ0) is 15.1. The number of rotatable bonds is 2. The number of carbonyl (C=O) groups excluding carboxylic acids is 1. The van der Waals surface area contributed by atoms with Gasteiger partial charge in [0.1, 0.15) is 0 Å². The minimum absolute atomic E-state index is 0.341. The molecule has 0 atom stereocenters. The lowest BCUT2D eigenvalue weighted by Crippen LogP contribution is -2.41. The maximum atomic E-state index is 11.5. The van der Waals surface area contributed by atoms with Crippen LogP contribution in [0.15, 0.2) is 18.2 Å². The summed E-state index contributed by atoms with van der Waals surface area (Å²) >= 11 is 0. The average molecular weight is 277 g/mol. The molecule has 1 saturated heterocycles. The van der Waals surface area contributed by atoms with Crippen LogP contribution < -0.4 is 11.2 Å². The van der Waals surface area contributed by atoms with Crippen molar-refractivity contribution in [3.8, 4) is 0 Å². The Morgan fingerprint density at radius 3 is 2.20 bits per heavy atom. The molecular formula is C14H20BNO4. The summed E-state index contributed by atoms with van der Waals surface area (Å²) in [5, 5.41) is 0.